The Kier molecular flexibility index (Phi) is 4.17. The SMILES string of the molecule is O=C(CC12CC3CC(CC(C3)C1)C2)Nc1nn2cccnc2c1-c1ccc(Cl)cc1. The Morgan fingerprint density at radius 2 is 1.77 bits per heavy atom. The maximum atomic E-state index is 13.2. The molecule has 154 valence electrons. The Hall–Kier alpha value is -2.40. The standard InChI is InChI=1S/C24H25ClN4O/c25-19-4-2-18(3-5-19)21-22(28-29-7-1-6-26-23(21)29)27-20(30)14-24-11-15-8-16(12-24)10-17(9-15)13-24/h1-7,15-17H,8-14H2,(H,27,28,30). The number of nitrogens with one attached hydrogen (secondary N) is 1. The molecule has 2 heterocycles. The number of amides is 1. The van der Waals surface area contributed by atoms with Crippen molar-refractivity contribution in [3.8, 4) is 11.1 Å². The number of hydrogen-bond donors (Lipinski definition) is 1. The van der Waals surface area contributed by atoms with Crippen LogP contribution in [0, 0.1) is 23.2 Å². The smallest absolute Gasteiger partial charge is 0.226 e. The van der Waals surface area contributed by atoms with Crippen LogP contribution in [0.25, 0.3) is 16.8 Å². The summed E-state index contributed by atoms with van der Waals surface area (Å²) < 4.78 is 1.73. The monoisotopic (exact) mass is 420 g/mol. The molecule has 1 aromatic carbocycles. The molecule has 0 atom stereocenters. The summed E-state index contributed by atoms with van der Waals surface area (Å²) in [6.07, 6.45) is 12.1. The third kappa shape index (κ3) is 3.11. The molecule has 0 spiro atoms. The van der Waals surface area contributed by atoms with Gasteiger partial charge in [-0.3, -0.25) is 4.79 Å². The van der Waals surface area contributed by atoms with Gasteiger partial charge in [0.25, 0.3) is 0 Å². The predicted octanol–water partition coefficient (Wildman–Crippen LogP) is 5.59. The molecule has 1 N–H and O–H groups in total. The zero-order valence-electron chi connectivity index (χ0n) is 16.9. The molecule has 30 heavy (non-hydrogen) atoms. The molecule has 4 fully saturated rings. The summed E-state index contributed by atoms with van der Waals surface area (Å²) in [4.78, 5) is 17.7. The van der Waals surface area contributed by atoms with E-state index in [-0.39, 0.29) is 11.3 Å². The van der Waals surface area contributed by atoms with Crippen LogP contribution >= 0.6 is 11.6 Å². The second-order valence-electron chi connectivity index (χ2n) is 9.76. The second kappa shape index (κ2) is 6.81. The summed E-state index contributed by atoms with van der Waals surface area (Å²) in [6, 6.07) is 9.44. The van der Waals surface area contributed by atoms with Crippen molar-refractivity contribution >= 4 is 29.0 Å². The number of nitrogens with zero attached hydrogens (tertiary/aromatic N) is 3. The van der Waals surface area contributed by atoms with E-state index in [2.05, 4.69) is 15.4 Å². The van der Waals surface area contributed by atoms with Crippen molar-refractivity contribution in [2.75, 3.05) is 5.32 Å². The van der Waals surface area contributed by atoms with Crippen LogP contribution in [0.4, 0.5) is 5.82 Å². The van der Waals surface area contributed by atoms with Crippen molar-refractivity contribution in [3.63, 3.8) is 0 Å². The Balaban J connectivity index is 1.30. The van der Waals surface area contributed by atoms with Crippen LogP contribution in [0.1, 0.15) is 44.9 Å². The Bertz CT molecular complexity index is 1080. The fraction of sp³-hybridized carbons (Fsp3) is 0.458. The summed E-state index contributed by atoms with van der Waals surface area (Å²) in [7, 11) is 0. The minimum atomic E-state index is 0.0792. The molecule has 5 nitrogen and oxygen atoms in total. The molecule has 1 amide bonds. The van der Waals surface area contributed by atoms with Gasteiger partial charge >= 0.3 is 0 Å². The molecular formula is C24H25ClN4O. The van der Waals surface area contributed by atoms with Gasteiger partial charge in [0.1, 0.15) is 0 Å². The van der Waals surface area contributed by atoms with Crippen molar-refractivity contribution in [3.05, 3.63) is 47.7 Å². The van der Waals surface area contributed by atoms with Crippen LogP contribution in [0.2, 0.25) is 5.02 Å². The fourth-order valence-corrected chi connectivity index (χ4v) is 7.01. The Morgan fingerprint density at radius 3 is 2.43 bits per heavy atom. The molecule has 0 unspecified atom stereocenters. The average Bonchev–Trinajstić information content (AvgIpc) is 3.04. The van der Waals surface area contributed by atoms with Gasteiger partial charge < -0.3 is 5.32 Å². The van der Waals surface area contributed by atoms with Crippen molar-refractivity contribution in [2.45, 2.75) is 44.9 Å². The molecule has 7 rings (SSSR count). The van der Waals surface area contributed by atoms with E-state index in [1.54, 1.807) is 10.7 Å². The topological polar surface area (TPSA) is 59.3 Å². The van der Waals surface area contributed by atoms with Crippen LogP contribution < -0.4 is 5.32 Å². The first-order valence-electron chi connectivity index (χ1n) is 11.0. The minimum absolute atomic E-state index is 0.0792. The van der Waals surface area contributed by atoms with Gasteiger partial charge in [-0.2, -0.15) is 0 Å². The fourth-order valence-electron chi connectivity index (χ4n) is 6.88. The lowest BCUT2D eigenvalue weighted by atomic mass is 9.49. The molecule has 0 saturated heterocycles. The number of halogens is 1. The van der Waals surface area contributed by atoms with E-state index in [9.17, 15) is 4.79 Å². The highest BCUT2D eigenvalue weighted by Crippen LogP contribution is 2.61. The normalized spacial score (nSPS) is 29.4. The van der Waals surface area contributed by atoms with Gasteiger partial charge in [-0.1, -0.05) is 23.7 Å². The number of hydrogen-bond acceptors (Lipinski definition) is 3. The van der Waals surface area contributed by atoms with E-state index in [1.165, 1.54) is 38.5 Å². The van der Waals surface area contributed by atoms with Crippen molar-refractivity contribution in [1.29, 1.82) is 0 Å². The maximum Gasteiger partial charge on any atom is 0.226 e. The molecule has 4 saturated carbocycles. The lowest BCUT2D eigenvalue weighted by Crippen LogP contribution is -2.47. The first-order valence-corrected chi connectivity index (χ1v) is 11.3. The third-order valence-corrected chi connectivity index (χ3v) is 7.74. The lowest BCUT2D eigenvalue weighted by molar-refractivity contribution is -0.124. The third-order valence-electron chi connectivity index (χ3n) is 7.49. The molecule has 0 radical (unpaired) electrons. The number of fused-ring (bicyclic) bond motifs is 1. The van der Waals surface area contributed by atoms with Gasteiger partial charge in [0, 0.05) is 23.8 Å². The van der Waals surface area contributed by atoms with E-state index in [0.717, 1.165) is 34.5 Å². The highest BCUT2D eigenvalue weighted by Gasteiger charge is 2.51. The minimum Gasteiger partial charge on any atom is -0.309 e. The predicted molar refractivity (Wildman–Crippen MR) is 117 cm³/mol. The molecular weight excluding hydrogens is 396 g/mol. The number of aromatic nitrogens is 3. The van der Waals surface area contributed by atoms with Gasteiger partial charge in [-0.05, 0) is 85.5 Å². The highest BCUT2D eigenvalue weighted by atomic mass is 35.5. The summed E-state index contributed by atoms with van der Waals surface area (Å²) >= 11 is 6.08. The number of rotatable bonds is 4. The van der Waals surface area contributed by atoms with Gasteiger partial charge in [0.2, 0.25) is 5.91 Å². The summed E-state index contributed by atoms with van der Waals surface area (Å²) in [5.74, 6) is 3.18. The van der Waals surface area contributed by atoms with Crippen LogP contribution in [0.15, 0.2) is 42.7 Å². The number of benzene rings is 1. The van der Waals surface area contributed by atoms with Gasteiger partial charge in [-0.15, -0.1) is 5.10 Å². The van der Waals surface area contributed by atoms with E-state index in [4.69, 9.17) is 11.6 Å². The number of anilines is 1. The first kappa shape index (κ1) is 18.4. The van der Waals surface area contributed by atoms with E-state index >= 15 is 0 Å². The number of carbonyl (C=O) groups is 1. The molecule has 2 aromatic heterocycles. The summed E-state index contributed by atoms with van der Waals surface area (Å²) in [5.41, 5.74) is 2.71. The molecule has 0 aliphatic heterocycles. The van der Waals surface area contributed by atoms with Crippen molar-refractivity contribution in [2.24, 2.45) is 23.2 Å². The van der Waals surface area contributed by atoms with E-state index in [0.29, 0.717) is 17.3 Å². The van der Waals surface area contributed by atoms with E-state index in [1.807, 2.05) is 36.5 Å². The highest BCUT2D eigenvalue weighted by molar-refractivity contribution is 6.30. The van der Waals surface area contributed by atoms with Gasteiger partial charge in [-0.25, -0.2) is 9.50 Å². The zero-order valence-corrected chi connectivity index (χ0v) is 17.6. The second-order valence-corrected chi connectivity index (χ2v) is 10.2. The molecule has 4 bridgehead atoms. The van der Waals surface area contributed by atoms with Crippen LogP contribution in [-0.4, -0.2) is 20.5 Å². The summed E-state index contributed by atoms with van der Waals surface area (Å²) in [6.45, 7) is 0. The molecule has 3 aromatic rings. The quantitative estimate of drug-likeness (QED) is 0.598. The first-order chi connectivity index (χ1) is 14.6. The Labute approximate surface area is 180 Å². The van der Waals surface area contributed by atoms with Crippen LogP contribution in [0.5, 0.6) is 0 Å². The zero-order chi connectivity index (χ0) is 20.3. The molecule has 6 heteroatoms. The lowest BCUT2D eigenvalue weighted by Gasteiger charge is -2.56. The molecule has 4 aliphatic carbocycles. The van der Waals surface area contributed by atoms with Crippen LogP contribution in [0.3, 0.4) is 0 Å². The number of carbonyl (C=O) groups excluding carboxylic acids is 1. The van der Waals surface area contributed by atoms with E-state index < -0.39 is 0 Å². The van der Waals surface area contributed by atoms with Gasteiger partial charge in [0.15, 0.2) is 11.5 Å². The summed E-state index contributed by atoms with van der Waals surface area (Å²) in [5, 5.41) is 8.46. The maximum absolute atomic E-state index is 13.2. The average molecular weight is 421 g/mol. The van der Waals surface area contributed by atoms with Crippen molar-refractivity contribution in [1.82, 2.24) is 14.6 Å². The Morgan fingerprint density at radius 1 is 1.10 bits per heavy atom. The van der Waals surface area contributed by atoms with Crippen molar-refractivity contribution < 1.29 is 4.79 Å². The van der Waals surface area contributed by atoms with Gasteiger partial charge in [0.05, 0.1) is 5.56 Å². The molecule has 4 aliphatic rings. The largest absolute Gasteiger partial charge is 0.309 e. The van der Waals surface area contributed by atoms with Crippen LogP contribution in [-0.2, 0) is 4.79 Å².